The molecule has 0 spiro atoms. The molecule has 0 amide bonds. The predicted molar refractivity (Wildman–Crippen MR) is 65.1 cm³/mol. The van der Waals surface area contributed by atoms with Crippen LogP contribution in [0, 0.1) is 6.92 Å². The fraction of sp³-hybridized carbons (Fsp3) is 0.429. The van der Waals surface area contributed by atoms with Gasteiger partial charge in [-0.1, -0.05) is 26.0 Å². The summed E-state index contributed by atoms with van der Waals surface area (Å²) >= 11 is 0. The van der Waals surface area contributed by atoms with Gasteiger partial charge in [0.2, 0.25) is 0 Å². The van der Waals surface area contributed by atoms with Crippen molar-refractivity contribution in [1.29, 1.82) is 0 Å². The average molecular weight is 249 g/mol. The van der Waals surface area contributed by atoms with Gasteiger partial charge < -0.3 is 14.6 Å². The number of ether oxygens (including phenoxy) is 1. The smallest absolute Gasteiger partial charge is 0.311 e. The van der Waals surface area contributed by atoms with E-state index in [-0.39, 0.29) is 18.8 Å². The average Bonchev–Trinajstić information content (AvgIpc) is 2.26. The van der Waals surface area contributed by atoms with Crippen LogP contribution < -0.4 is 9.84 Å². The maximum absolute atomic E-state index is 11.5. The number of aryl methyl sites for hydroxylation is 1. The van der Waals surface area contributed by atoms with Gasteiger partial charge >= 0.3 is 5.97 Å². The second-order valence-electron chi connectivity index (χ2n) is 4.54. The van der Waals surface area contributed by atoms with E-state index in [4.69, 9.17) is 4.74 Å². The third-order valence-electron chi connectivity index (χ3n) is 2.55. The Labute approximate surface area is 107 Å². The third-order valence-corrected chi connectivity index (χ3v) is 2.55. The van der Waals surface area contributed by atoms with E-state index in [1.165, 1.54) is 0 Å². The Balaban J connectivity index is 2.79. The summed E-state index contributed by atoms with van der Waals surface area (Å²) in [6.07, 6.45) is -0.491. The molecule has 0 atom stereocenters. The van der Waals surface area contributed by atoms with Crippen LogP contribution in [0.4, 0.5) is 0 Å². The highest BCUT2D eigenvalue weighted by Crippen LogP contribution is 2.27. The first-order valence-corrected chi connectivity index (χ1v) is 5.91. The van der Waals surface area contributed by atoms with Crippen molar-refractivity contribution < 1.29 is 19.4 Å². The van der Waals surface area contributed by atoms with E-state index in [0.29, 0.717) is 5.75 Å². The van der Waals surface area contributed by atoms with Crippen LogP contribution in [0.15, 0.2) is 18.2 Å². The van der Waals surface area contributed by atoms with Crippen LogP contribution in [-0.4, -0.2) is 11.9 Å². The van der Waals surface area contributed by atoms with E-state index in [0.717, 1.165) is 11.1 Å². The normalized spacial score (nSPS) is 10.4. The molecule has 0 saturated heterocycles. The summed E-state index contributed by atoms with van der Waals surface area (Å²) in [5, 5.41) is 10.3. The first-order chi connectivity index (χ1) is 8.40. The van der Waals surface area contributed by atoms with E-state index < -0.39 is 11.9 Å². The number of hydrogen-bond donors (Lipinski definition) is 0. The van der Waals surface area contributed by atoms with Crippen molar-refractivity contribution in [3.63, 3.8) is 0 Å². The molecule has 0 N–H and O–H groups in total. The SMILES string of the molecule is Cc1ccc(C(C)C)c(OC(=O)CCC(=O)[O-])c1. The first kappa shape index (κ1) is 14.2. The molecule has 1 aromatic carbocycles. The monoisotopic (exact) mass is 249 g/mol. The van der Waals surface area contributed by atoms with Crippen molar-refractivity contribution in [2.24, 2.45) is 0 Å². The van der Waals surface area contributed by atoms with E-state index in [1.807, 2.05) is 32.9 Å². The molecular formula is C14H17O4-. The number of carboxylic acid groups (broad SMARTS) is 1. The third kappa shape index (κ3) is 4.20. The van der Waals surface area contributed by atoms with Crippen LogP contribution in [-0.2, 0) is 9.59 Å². The zero-order valence-electron chi connectivity index (χ0n) is 10.9. The fourth-order valence-electron chi connectivity index (χ4n) is 1.58. The molecule has 0 aromatic heterocycles. The van der Waals surface area contributed by atoms with Crippen molar-refractivity contribution in [2.45, 2.75) is 39.5 Å². The maximum atomic E-state index is 11.5. The van der Waals surface area contributed by atoms with Crippen molar-refractivity contribution in [3.8, 4) is 5.75 Å². The summed E-state index contributed by atoms with van der Waals surface area (Å²) in [5.41, 5.74) is 1.92. The summed E-state index contributed by atoms with van der Waals surface area (Å²) in [5.74, 6) is -1.06. The van der Waals surface area contributed by atoms with Gasteiger partial charge in [-0.15, -0.1) is 0 Å². The number of rotatable bonds is 5. The predicted octanol–water partition coefficient (Wildman–Crippen LogP) is 1.55. The highest BCUT2D eigenvalue weighted by atomic mass is 16.5. The molecule has 98 valence electrons. The van der Waals surface area contributed by atoms with Crippen LogP contribution in [0.3, 0.4) is 0 Å². The number of benzene rings is 1. The highest BCUT2D eigenvalue weighted by molar-refractivity contribution is 5.77. The molecule has 4 nitrogen and oxygen atoms in total. The maximum Gasteiger partial charge on any atom is 0.311 e. The van der Waals surface area contributed by atoms with Gasteiger partial charge in [0.1, 0.15) is 5.75 Å². The highest BCUT2D eigenvalue weighted by Gasteiger charge is 2.12. The zero-order valence-corrected chi connectivity index (χ0v) is 10.9. The van der Waals surface area contributed by atoms with Gasteiger partial charge in [-0.25, -0.2) is 0 Å². The standard InChI is InChI=1S/C14H18O4/c1-9(2)11-5-4-10(3)8-12(11)18-14(17)7-6-13(15)16/h4-5,8-9H,6-7H2,1-3H3,(H,15,16)/p-1. The van der Waals surface area contributed by atoms with Crippen LogP contribution in [0.25, 0.3) is 0 Å². The van der Waals surface area contributed by atoms with E-state index in [2.05, 4.69) is 0 Å². The number of aliphatic carboxylic acids is 1. The zero-order chi connectivity index (χ0) is 13.7. The lowest BCUT2D eigenvalue weighted by Crippen LogP contribution is -2.23. The number of carbonyl (C=O) groups is 2. The summed E-state index contributed by atoms with van der Waals surface area (Å²) in [4.78, 5) is 21.8. The van der Waals surface area contributed by atoms with Crippen LogP contribution >= 0.6 is 0 Å². The molecule has 1 aromatic rings. The summed E-state index contributed by atoms with van der Waals surface area (Å²) < 4.78 is 5.21. The Kier molecular flexibility index (Phi) is 4.89. The minimum atomic E-state index is -1.25. The van der Waals surface area contributed by atoms with Gasteiger partial charge in [0.05, 0.1) is 6.42 Å². The van der Waals surface area contributed by atoms with Crippen molar-refractivity contribution in [2.75, 3.05) is 0 Å². The van der Waals surface area contributed by atoms with E-state index >= 15 is 0 Å². The van der Waals surface area contributed by atoms with Crippen molar-refractivity contribution in [3.05, 3.63) is 29.3 Å². The Hall–Kier alpha value is -1.84. The van der Waals surface area contributed by atoms with Gasteiger partial charge in [-0.3, -0.25) is 4.79 Å². The summed E-state index contributed by atoms with van der Waals surface area (Å²) in [6.45, 7) is 5.91. The van der Waals surface area contributed by atoms with Gasteiger partial charge in [-0.05, 0) is 36.5 Å². The van der Waals surface area contributed by atoms with Gasteiger partial charge in [0, 0.05) is 5.97 Å². The number of hydrogen-bond acceptors (Lipinski definition) is 4. The molecule has 0 fully saturated rings. The Morgan fingerprint density at radius 1 is 1.28 bits per heavy atom. The van der Waals surface area contributed by atoms with Gasteiger partial charge in [-0.2, -0.15) is 0 Å². The molecule has 0 radical (unpaired) electrons. The number of esters is 1. The fourth-order valence-corrected chi connectivity index (χ4v) is 1.58. The van der Waals surface area contributed by atoms with Crippen LogP contribution in [0.1, 0.15) is 43.7 Å². The van der Waals surface area contributed by atoms with E-state index in [1.54, 1.807) is 6.07 Å². The minimum absolute atomic E-state index is 0.173. The molecule has 4 heteroatoms. The molecule has 0 aliphatic carbocycles. The molecule has 18 heavy (non-hydrogen) atoms. The lowest BCUT2D eigenvalue weighted by atomic mass is 10.0. The molecule has 1 rings (SSSR count). The first-order valence-electron chi connectivity index (χ1n) is 5.91. The molecule has 0 bridgehead atoms. The quantitative estimate of drug-likeness (QED) is 0.586. The second kappa shape index (κ2) is 6.19. The molecule has 0 aliphatic heterocycles. The molecule has 0 saturated carbocycles. The second-order valence-corrected chi connectivity index (χ2v) is 4.54. The minimum Gasteiger partial charge on any atom is -0.550 e. The molecule has 0 heterocycles. The van der Waals surface area contributed by atoms with E-state index in [9.17, 15) is 14.7 Å². The summed E-state index contributed by atoms with van der Waals surface area (Å²) in [6, 6.07) is 5.65. The lowest BCUT2D eigenvalue weighted by Gasteiger charge is -2.13. The Morgan fingerprint density at radius 2 is 1.94 bits per heavy atom. The number of carbonyl (C=O) groups excluding carboxylic acids is 2. The molecular weight excluding hydrogens is 232 g/mol. The largest absolute Gasteiger partial charge is 0.550 e. The topological polar surface area (TPSA) is 66.4 Å². The van der Waals surface area contributed by atoms with Crippen molar-refractivity contribution >= 4 is 11.9 Å². The Morgan fingerprint density at radius 3 is 2.50 bits per heavy atom. The lowest BCUT2D eigenvalue weighted by molar-refractivity contribution is -0.305. The van der Waals surface area contributed by atoms with Crippen LogP contribution in [0.5, 0.6) is 5.75 Å². The Bertz CT molecular complexity index is 449. The molecule has 0 unspecified atom stereocenters. The van der Waals surface area contributed by atoms with Crippen molar-refractivity contribution in [1.82, 2.24) is 0 Å². The van der Waals surface area contributed by atoms with Gasteiger partial charge in [0.15, 0.2) is 0 Å². The summed E-state index contributed by atoms with van der Waals surface area (Å²) in [7, 11) is 0. The van der Waals surface area contributed by atoms with Gasteiger partial charge in [0.25, 0.3) is 0 Å². The molecule has 0 aliphatic rings. The van der Waals surface area contributed by atoms with Crippen LogP contribution in [0.2, 0.25) is 0 Å². The number of carboxylic acids is 1.